The molecule has 1 atom stereocenters. The lowest BCUT2D eigenvalue weighted by Crippen LogP contribution is -2.38. The molecule has 0 spiro atoms. The lowest BCUT2D eigenvalue weighted by Gasteiger charge is -2.23. The normalized spacial score (nSPS) is 15.8. The van der Waals surface area contributed by atoms with E-state index in [4.69, 9.17) is 16.3 Å². The van der Waals surface area contributed by atoms with Crippen molar-refractivity contribution in [2.75, 3.05) is 23.1 Å². The molecule has 13 heteroatoms. The summed E-state index contributed by atoms with van der Waals surface area (Å²) in [5.74, 6) is 0.0788. The number of thiazole rings is 1. The molecule has 0 bridgehead atoms. The smallest absolute Gasteiger partial charge is 0.263 e. The van der Waals surface area contributed by atoms with E-state index in [0.717, 1.165) is 32.0 Å². The van der Waals surface area contributed by atoms with Gasteiger partial charge in [-0.2, -0.15) is 0 Å². The minimum atomic E-state index is -4.08. The van der Waals surface area contributed by atoms with Crippen LogP contribution in [-0.2, 0) is 10.0 Å². The molecule has 3 heterocycles. The molecule has 0 unspecified atom stereocenters. The van der Waals surface area contributed by atoms with E-state index in [-0.39, 0.29) is 33.3 Å². The van der Waals surface area contributed by atoms with Crippen molar-refractivity contribution < 1.29 is 17.5 Å². The zero-order valence-electron chi connectivity index (χ0n) is 19.3. The summed E-state index contributed by atoms with van der Waals surface area (Å²) in [6.45, 7) is 1.86. The second-order valence-corrected chi connectivity index (χ2v) is 11.1. The number of nitrogens with zero attached hydrogens (tertiary/aromatic N) is 3. The van der Waals surface area contributed by atoms with Gasteiger partial charge in [-0.3, -0.25) is 4.72 Å². The maximum absolute atomic E-state index is 14.8. The van der Waals surface area contributed by atoms with E-state index in [1.54, 1.807) is 23.8 Å². The lowest BCUT2D eigenvalue weighted by molar-refractivity contribution is 0.463. The number of ether oxygens (including phenoxy) is 1. The Morgan fingerprint density at radius 1 is 1.16 bits per heavy atom. The van der Waals surface area contributed by atoms with Crippen molar-refractivity contribution in [3.05, 3.63) is 71.1 Å². The molecule has 1 saturated heterocycles. The van der Waals surface area contributed by atoms with E-state index >= 15 is 0 Å². The Kier molecular flexibility index (Phi) is 7.51. The molecule has 0 amide bonds. The number of halogens is 2. The van der Waals surface area contributed by atoms with Gasteiger partial charge in [0, 0.05) is 24.8 Å². The van der Waals surface area contributed by atoms with Gasteiger partial charge in [0.25, 0.3) is 10.0 Å². The fourth-order valence-corrected chi connectivity index (χ4v) is 6.08. The van der Waals surface area contributed by atoms with Crippen molar-refractivity contribution in [2.24, 2.45) is 0 Å². The third kappa shape index (κ3) is 5.99. The maximum atomic E-state index is 14.8. The van der Waals surface area contributed by atoms with Crippen LogP contribution < -0.4 is 20.1 Å². The first-order chi connectivity index (χ1) is 17.9. The van der Waals surface area contributed by atoms with Crippen LogP contribution in [-0.4, -0.2) is 42.5 Å². The molecular weight excluding hydrogens is 539 g/mol. The van der Waals surface area contributed by atoms with Gasteiger partial charge in [0.1, 0.15) is 15.5 Å². The number of piperidine rings is 1. The van der Waals surface area contributed by atoms with Crippen LogP contribution in [0.25, 0.3) is 10.6 Å². The molecule has 9 nitrogen and oxygen atoms in total. The zero-order valence-corrected chi connectivity index (χ0v) is 21.7. The number of aromatic nitrogens is 3. The number of nitrogens with one attached hydrogen (secondary N) is 3. The highest BCUT2D eigenvalue weighted by molar-refractivity contribution is 7.92. The monoisotopic (exact) mass is 560 g/mol. The van der Waals surface area contributed by atoms with Crippen LogP contribution >= 0.6 is 22.9 Å². The molecule has 5 rings (SSSR count). The highest BCUT2D eigenvalue weighted by Gasteiger charge is 2.21. The van der Waals surface area contributed by atoms with E-state index in [1.807, 2.05) is 0 Å². The fraction of sp³-hybridized carbons (Fsp3) is 0.208. The van der Waals surface area contributed by atoms with E-state index in [2.05, 4.69) is 30.3 Å². The molecule has 2 aromatic heterocycles. The van der Waals surface area contributed by atoms with E-state index in [1.165, 1.54) is 41.7 Å². The van der Waals surface area contributed by atoms with Gasteiger partial charge in [-0.05, 0) is 49.7 Å². The number of benzene rings is 2. The van der Waals surface area contributed by atoms with Crippen LogP contribution in [0, 0.1) is 5.82 Å². The van der Waals surface area contributed by atoms with Crippen molar-refractivity contribution in [1.29, 1.82) is 0 Å². The standard InChI is InChI=1S/C24H22ClFN6O3S2/c25-17-5-1-2-6-21(17)37(33,34)32-19-8-7-16(12-18(19)26)35-23-22(36-14-29-23)20-9-11-28-24(31-20)30-15-4-3-10-27-13-15/h1-2,5-9,11-12,14-15,27,32H,3-4,10,13H2,(H,28,30,31)/t15-/m0/s1. The summed E-state index contributed by atoms with van der Waals surface area (Å²) in [6.07, 6.45) is 3.77. The molecule has 2 aromatic carbocycles. The Morgan fingerprint density at radius 2 is 2.03 bits per heavy atom. The Labute approximate surface area is 222 Å². The second-order valence-electron chi connectivity index (χ2n) is 8.22. The molecule has 1 aliphatic rings. The Bertz CT molecular complexity index is 1510. The minimum absolute atomic E-state index is 0.0323. The van der Waals surface area contributed by atoms with Gasteiger partial charge >= 0.3 is 0 Å². The summed E-state index contributed by atoms with van der Waals surface area (Å²) >= 11 is 7.32. The first-order valence-corrected chi connectivity index (χ1v) is 14.1. The molecule has 1 fully saturated rings. The summed E-state index contributed by atoms with van der Waals surface area (Å²) in [5.41, 5.74) is 1.98. The molecule has 192 valence electrons. The molecule has 0 saturated carbocycles. The van der Waals surface area contributed by atoms with E-state index in [9.17, 15) is 12.8 Å². The van der Waals surface area contributed by atoms with Crippen LogP contribution in [0.3, 0.4) is 0 Å². The Balaban J connectivity index is 1.32. The van der Waals surface area contributed by atoms with Crippen LogP contribution in [0.15, 0.2) is 65.1 Å². The van der Waals surface area contributed by atoms with Gasteiger partial charge in [0.2, 0.25) is 11.8 Å². The lowest BCUT2D eigenvalue weighted by atomic mass is 10.1. The first-order valence-electron chi connectivity index (χ1n) is 11.4. The summed E-state index contributed by atoms with van der Waals surface area (Å²) in [7, 11) is -4.08. The minimum Gasteiger partial charge on any atom is -0.437 e. The SMILES string of the molecule is O=S(=O)(Nc1ccc(Oc2ncsc2-c2ccnc(N[C@H]3CCCNC3)n2)cc1F)c1ccccc1Cl. The van der Waals surface area contributed by atoms with Gasteiger partial charge in [0.15, 0.2) is 5.82 Å². The van der Waals surface area contributed by atoms with Crippen molar-refractivity contribution >= 4 is 44.6 Å². The largest absolute Gasteiger partial charge is 0.437 e. The van der Waals surface area contributed by atoms with Gasteiger partial charge in [0.05, 0.1) is 21.9 Å². The average Bonchev–Trinajstić information content (AvgIpc) is 3.35. The van der Waals surface area contributed by atoms with E-state index < -0.39 is 15.8 Å². The summed E-state index contributed by atoms with van der Waals surface area (Å²) in [5, 5.41) is 6.72. The highest BCUT2D eigenvalue weighted by Crippen LogP contribution is 2.36. The Hall–Kier alpha value is -3.32. The summed E-state index contributed by atoms with van der Waals surface area (Å²) < 4.78 is 48.2. The second kappa shape index (κ2) is 11.0. The molecule has 0 aliphatic carbocycles. The quantitative estimate of drug-likeness (QED) is 0.271. The van der Waals surface area contributed by atoms with Gasteiger partial charge < -0.3 is 15.4 Å². The number of rotatable bonds is 8. The number of anilines is 2. The molecule has 0 radical (unpaired) electrons. The first kappa shape index (κ1) is 25.3. The summed E-state index contributed by atoms with van der Waals surface area (Å²) in [4.78, 5) is 13.7. The van der Waals surface area contributed by atoms with Crippen molar-refractivity contribution in [1.82, 2.24) is 20.3 Å². The van der Waals surface area contributed by atoms with Crippen molar-refractivity contribution in [2.45, 2.75) is 23.8 Å². The molecule has 4 aromatic rings. The number of hydrogen-bond donors (Lipinski definition) is 3. The summed E-state index contributed by atoms with van der Waals surface area (Å²) in [6, 6.07) is 11.7. The van der Waals surface area contributed by atoms with Gasteiger partial charge in [-0.1, -0.05) is 23.7 Å². The van der Waals surface area contributed by atoms with E-state index in [0.29, 0.717) is 16.5 Å². The van der Waals surface area contributed by atoms with Crippen LogP contribution in [0.4, 0.5) is 16.0 Å². The molecule has 37 heavy (non-hydrogen) atoms. The Morgan fingerprint density at radius 3 is 2.81 bits per heavy atom. The maximum Gasteiger partial charge on any atom is 0.263 e. The predicted molar refractivity (Wildman–Crippen MR) is 141 cm³/mol. The van der Waals surface area contributed by atoms with Crippen molar-refractivity contribution in [3.8, 4) is 22.2 Å². The molecule has 3 N–H and O–H groups in total. The highest BCUT2D eigenvalue weighted by atomic mass is 35.5. The predicted octanol–water partition coefficient (Wildman–Crippen LogP) is 5.15. The number of sulfonamides is 1. The zero-order chi connectivity index (χ0) is 25.8. The van der Waals surface area contributed by atoms with Gasteiger partial charge in [-0.25, -0.2) is 27.8 Å². The topological polar surface area (TPSA) is 118 Å². The van der Waals surface area contributed by atoms with Crippen LogP contribution in [0.5, 0.6) is 11.6 Å². The van der Waals surface area contributed by atoms with Gasteiger partial charge in [-0.15, -0.1) is 11.3 Å². The third-order valence-corrected chi connectivity index (χ3v) is 8.27. The molecular formula is C24H22ClFN6O3S2. The van der Waals surface area contributed by atoms with Crippen molar-refractivity contribution in [3.63, 3.8) is 0 Å². The molecule has 1 aliphatic heterocycles. The van der Waals surface area contributed by atoms with Crippen LogP contribution in [0.1, 0.15) is 12.8 Å². The third-order valence-electron chi connectivity index (χ3n) is 5.58. The fourth-order valence-electron chi connectivity index (χ4n) is 3.81. The average molecular weight is 561 g/mol. The van der Waals surface area contributed by atoms with Crippen LogP contribution in [0.2, 0.25) is 5.02 Å². The number of hydrogen-bond acceptors (Lipinski definition) is 9.